The standard InChI is InChI=1S/C14H18BrNO2/c1-9(16)14(3-4-14)10-7-12-13(8-11(10)15)18-6-2-5-17-12/h7-9H,2-6,16H2,1H3. The van der Waals surface area contributed by atoms with E-state index in [0.29, 0.717) is 0 Å². The smallest absolute Gasteiger partial charge is 0.162 e. The molecule has 2 N–H and O–H groups in total. The molecule has 98 valence electrons. The molecule has 4 heteroatoms. The fourth-order valence-corrected chi connectivity index (χ4v) is 3.39. The van der Waals surface area contributed by atoms with Crippen LogP contribution in [0.5, 0.6) is 11.5 Å². The summed E-state index contributed by atoms with van der Waals surface area (Å²) in [5, 5.41) is 0. The van der Waals surface area contributed by atoms with Gasteiger partial charge in [-0.05, 0) is 37.5 Å². The van der Waals surface area contributed by atoms with Gasteiger partial charge in [-0.1, -0.05) is 15.9 Å². The lowest BCUT2D eigenvalue weighted by Gasteiger charge is -2.23. The van der Waals surface area contributed by atoms with E-state index >= 15 is 0 Å². The fraction of sp³-hybridized carbons (Fsp3) is 0.571. The van der Waals surface area contributed by atoms with Gasteiger partial charge in [0.25, 0.3) is 0 Å². The second-order valence-corrected chi connectivity index (χ2v) is 6.13. The highest BCUT2D eigenvalue weighted by Gasteiger charge is 2.48. The lowest BCUT2D eigenvalue weighted by Crippen LogP contribution is -2.31. The van der Waals surface area contributed by atoms with E-state index in [0.717, 1.165) is 48.4 Å². The molecular formula is C14H18BrNO2. The van der Waals surface area contributed by atoms with E-state index in [-0.39, 0.29) is 11.5 Å². The third-order valence-electron chi connectivity index (χ3n) is 4.03. The Morgan fingerprint density at radius 3 is 2.39 bits per heavy atom. The van der Waals surface area contributed by atoms with Crippen LogP contribution in [0.1, 0.15) is 31.7 Å². The first-order valence-electron chi connectivity index (χ1n) is 6.49. The van der Waals surface area contributed by atoms with Crippen LogP contribution in [-0.4, -0.2) is 19.3 Å². The van der Waals surface area contributed by atoms with Crippen LogP contribution in [0.2, 0.25) is 0 Å². The van der Waals surface area contributed by atoms with Crippen molar-refractivity contribution >= 4 is 15.9 Å². The normalized spacial score (nSPS) is 22.2. The Morgan fingerprint density at radius 2 is 1.83 bits per heavy atom. The van der Waals surface area contributed by atoms with Gasteiger partial charge in [-0.2, -0.15) is 0 Å². The minimum absolute atomic E-state index is 0.128. The molecule has 18 heavy (non-hydrogen) atoms. The average molecular weight is 312 g/mol. The number of rotatable bonds is 2. The van der Waals surface area contributed by atoms with Gasteiger partial charge in [-0.15, -0.1) is 0 Å². The average Bonchev–Trinajstić information content (AvgIpc) is 3.12. The minimum Gasteiger partial charge on any atom is -0.490 e. The highest BCUT2D eigenvalue weighted by Crippen LogP contribution is 2.54. The zero-order valence-electron chi connectivity index (χ0n) is 10.5. The highest BCUT2D eigenvalue weighted by atomic mass is 79.9. The van der Waals surface area contributed by atoms with E-state index in [1.807, 2.05) is 6.07 Å². The Kier molecular flexibility index (Phi) is 3.02. The predicted molar refractivity (Wildman–Crippen MR) is 74.3 cm³/mol. The molecule has 0 amide bonds. The van der Waals surface area contributed by atoms with Gasteiger partial charge in [0, 0.05) is 22.4 Å². The largest absolute Gasteiger partial charge is 0.490 e. The van der Waals surface area contributed by atoms with E-state index in [9.17, 15) is 0 Å². The molecule has 2 aliphatic rings. The molecule has 1 heterocycles. The summed E-state index contributed by atoms with van der Waals surface area (Å²) in [6, 6.07) is 4.30. The van der Waals surface area contributed by atoms with Gasteiger partial charge >= 0.3 is 0 Å². The van der Waals surface area contributed by atoms with Crippen molar-refractivity contribution < 1.29 is 9.47 Å². The summed E-state index contributed by atoms with van der Waals surface area (Å²) in [6.07, 6.45) is 3.24. The molecule has 1 fully saturated rings. The highest BCUT2D eigenvalue weighted by molar-refractivity contribution is 9.10. The lowest BCUT2D eigenvalue weighted by molar-refractivity contribution is 0.297. The third-order valence-corrected chi connectivity index (χ3v) is 4.69. The Morgan fingerprint density at radius 1 is 1.22 bits per heavy atom. The predicted octanol–water partition coefficient (Wildman–Crippen LogP) is 2.99. The molecule has 1 aromatic carbocycles. The fourth-order valence-electron chi connectivity index (χ4n) is 2.67. The van der Waals surface area contributed by atoms with Crippen molar-refractivity contribution in [3.05, 3.63) is 22.2 Å². The number of benzene rings is 1. The van der Waals surface area contributed by atoms with Crippen LogP contribution in [0.15, 0.2) is 16.6 Å². The maximum absolute atomic E-state index is 6.15. The van der Waals surface area contributed by atoms with Crippen molar-refractivity contribution in [1.82, 2.24) is 0 Å². The SMILES string of the molecule is CC(N)C1(c2cc3c(cc2Br)OCCCO3)CC1. The maximum atomic E-state index is 6.15. The van der Waals surface area contributed by atoms with E-state index in [2.05, 4.69) is 28.9 Å². The number of hydrogen-bond acceptors (Lipinski definition) is 3. The zero-order chi connectivity index (χ0) is 12.8. The first-order valence-corrected chi connectivity index (χ1v) is 7.28. The second-order valence-electron chi connectivity index (χ2n) is 5.27. The topological polar surface area (TPSA) is 44.5 Å². The Hall–Kier alpha value is -0.740. The Bertz CT molecular complexity index is 469. The van der Waals surface area contributed by atoms with Crippen LogP contribution in [0.25, 0.3) is 0 Å². The summed E-state index contributed by atoms with van der Waals surface area (Å²) in [5.41, 5.74) is 7.54. The first kappa shape index (κ1) is 12.3. The van der Waals surface area contributed by atoms with Crippen LogP contribution in [0.4, 0.5) is 0 Å². The number of halogens is 1. The van der Waals surface area contributed by atoms with Gasteiger partial charge in [0.05, 0.1) is 13.2 Å². The molecule has 3 nitrogen and oxygen atoms in total. The van der Waals surface area contributed by atoms with Crippen molar-refractivity contribution in [3.8, 4) is 11.5 Å². The molecule has 1 aromatic rings. The molecule has 1 aliphatic heterocycles. The quantitative estimate of drug-likeness (QED) is 0.913. The summed E-state index contributed by atoms with van der Waals surface area (Å²) in [4.78, 5) is 0. The van der Waals surface area contributed by atoms with Gasteiger partial charge in [-0.3, -0.25) is 0 Å². The number of nitrogens with two attached hydrogens (primary N) is 1. The van der Waals surface area contributed by atoms with E-state index in [1.165, 1.54) is 5.56 Å². The van der Waals surface area contributed by atoms with Gasteiger partial charge in [-0.25, -0.2) is 0 Å². The zero-order valence-corrected chi connectivity index (χ0v) is 12.1. The van der Waals surface area contributed by atoms with Crippen LogP contribution in [-0.2, 0) is 5.41 Å². The molecule has 0 aromatic heterocycles. The van der Waals surface area contributed by atoms with Crippen LogP contribution < -0.4 is 15.2 Å². The Labute approximate surface area is 116 Å². The molecule has 1 unspecified atom stereocenters. The van der Waals surface area contributed by atoms with Crippen molar-refractivity contribution in [2.24, 2.45) is 5.73 Å². The molecule has 0 radical (unpaired) electrons. The summed E-state index contributed by atoms with van der Waals surface area (Å²) in [5.74, 6) is 1.70. The lowest BCUT2D eigenvalue weighted by atomic mass is 9.89. The van der Waals surface area contributed by atoms with Crippen molar-refractivity contribution in [2.75, 3.05) is 13.2 Å². The van der Waals surface area contributed by atoms with Crippen LogP contribution in [0, 0.1) is 0 Å². The molecule has 0 saturated heterocycles. The molecule has 1 aliphatic carbocycles. The summed E-state index contributed by atoms with van der Waals surface area (Å²) < 4.78 is 12.5. The summed E-state index contributed by atoms with van der Waals surface area (Å²) in [6.45, 7) is 3.53. The molecule has 3 rings (SSSR count). The minimum atomic E-state index is 0.128. The summed E-state index contributed by atoms with van der Waals surface area (Å²) in [7, 11) is 0. The maximum Gasteiger partial charge on any atom is 0.162 e. The van der Waals surface area contributed by atoms with E-state index in [4.69, 9.17) is 15.2 Å². The van der Waals surface area contributed by atoms with E-state index < -0.39 is 0 Å². The molecule has 1 saturated carbocycles. The van der Waals surface area contributed by atoms with Crippen molar-refractivity contribution in [2.45, 2.75) is 37.6 Å². The number of fused-ring (bicyclic) bond motifs is 1. The van der Waals surface area contributed by atoms with Crippen LogP contribution in [0.3, 0.4) is 0 Å². The van der Waals surface area contributed by atoms with Crippen molar-refractivity contribution in [1.29, 1.82) is 0 Å². The number of hydrogen-bond donors (Lipinski definition) is 1. The first-order chi connectivity index (χ1) is 8.63. The van der Waals surface area contributed by atoms with Crippen LogP contribution >= 0.6 is 15.9 Å². The number of ether oxygens (including phenoxy) is 2. The van der Waals surface area contributed by atoms with Gasteiger partial charge in [0.15, 0.2) is 11.5 Å². The van der Waals surface area contributed by atoms with Crippen molar-refractivity contribution in [3.63, 3.8) is 0 Å². The third kappa shape index (κ3) is 1.91. The molecule has 0 spiro atoms. The van der Waals surface area contributed by atoms with Gasteiger partial charge in [0.2, 0.25) is 0 Å². The van der Waals surface area contributed by atoms with Gasteiger partial charge < -0.3 is 15.2 Å². The molecule has 1 atom stereocenters. The molecular weight excluding hydrogens is 294 g/mol. The second kappa shape index (κ2) is 4.42. The van der Waals surface area contributed by atoms with Gasteiger partial charge in [0.1, 0.15) is 0 Å². The monoisotopic (exact) mass is 311 g/mol. The molecule has 0 bridgehead atoms. The van der Waals surface area contributed by atoms with E-state index in [1.54, 1.807) is 0 Å². The Balaban J connectivity index is 2.04. The summed E-state index contributed by atoms with van der Waals surface area (Å²) >= 11 is 3.65.